The molecule has 1 aromatic carbocycles. The maximum atomic E-state index is 3.18. The lowest BCUT2D eigenvalue weighted by molar-refractivity contribution is 1.40. The van der Waals surface area contributed by atoms with Gasteiger partial charge in [-0.15, -0.1) is 0 Å². The van der Waals surface area contributed by atoms with E-state index in [-0.39, 0.29) is 0 Å². The summed E-state index contributed by atoms with van der Waals surface area (Å²) in [5, 5.41) is 0. The summed E-state index contributed by atoms with van der Waals surface area (Å²) in [6.07, 6.45) is 1.94. The smallest absolute Gasteiger partial charge is 0.0454 e. The van der Waals surface area contributed by atoms with Gasteiger partial charge in [-0.25, -0.2) is 0 Å². The zero-order chi connectivity index (χ0) is 8.39. The Morgan fingerprint density at radius 1 is 1.08 bits per heavy atom. The molecule has 0 saturated carbocycles. The van der Waals surface area contributed by atoms with Crippen LogP contribution in [0.4, 0.5) is 0 Å². The highest BCUT2D eigenvalue weighted by molar-refractivity contribution is 14.1. The van der Waals surface area contributed by atoms with Gasteiger partial charge in [-0.1, -0.05) is 12.1 Å². The van der Waals surface area contributed by atoms with E-state index >= 15 is 0 Å². The quantitative estimate of drug-likeness (QED) is 0.764. The van der Waals surface area contributed by atoms with Crippen molar-refractivity contribution in [3.8, 4) is 11.3 Å². The number of rotatable bonds is 1. The molecule has 2 heteroatoms. The van der Waals surface area contributed by atoms with Crippen LogP contribution in [0, 0.1) is 3.57 Å². The molecular formula is C10H8IN. The van der Waals surface area contributed by atoms with Crippen molar-refractivity contribution in [3.05, 3.63) is 46.2 Å². The summed E-state index contributed by atoms with van der Waals surface area (Å²) in [6.45, 7) is 0. The highest BCUT2D eigenvalue weighted by atomic mass is 127. The Hall–Kier alpha value is -0.770. The molecule has 12 heavy (non-hydrogen) atoms. The van der Waals surface area contributed by atoms with E-state index in [2.05, 4.69) is 57.9 Å². The molecule has 0 amide bonds. The number of benzene rings is 1. The van der Waals surface area contributed by atoms with Crippen molar-refractivity contribution in [1.82, 2.24) is 4.98 Å². The minimum absolute atomic E-state index is 1.17. The molecule has 1 heterocycles. The summed E-state index contributed by atoms with van der Waals surface area (Å²) in [5.74, 6) is 0. The van der Waals surface area contributed by atoms with Crippen molar-refractivity contribution in [2.24, 2.45) is 0 Å². The largest absolute Gasteiger partial charge is 0.361 e. The minimum atomic E-state index is 1.17. The van der Waals surface area contributed by atoms with Crippen LogP contribution in [0.2, 0.25) is 0 Å². The fourth-order valence-corrected chi connectivity index (χ4v) is 1.71. The lowest BCUT2D eigenvalue weighted by atomic mass is 10.2. The van der Waals surface area contributed by atoms with Gasteiger partial charge in [0.1, 0.15) is 0 Å². The lowest BCUT2D eigenvalue weighted by Gasteiger charge is -1.97. The number of H-pyrrole nitrogens is 1. The van der Waals surface area contributed by atoms with Gasteiger partial charge in [-0.05, 0) is 52.4 Å². The van der Waals surface area contributed by atoms with E-state index in [4.69, 9.17) is 0 Å². The predicted molar refractivity (Wildman–Crippen MR) is 58.9 cm³/mol. The Labute approximate surface area is 85.0 Å². The standard InChI is InChI=1S/C10H8IN/c11-9-4-1-3-8(7-9)10-5-2-6-12-10/h1-7,12H. The van der Waals surface area contributed by atoms with Crippen molar-refractivity contribution in [1.29, 1.82) is 0 Å². The van der Waals surface area contributed by atoms with Gasteiger partial charge in [-0.3, -0.25) is 0 Å². The van der Waals surface area contributed by atoms with Crippen molar-refractivity contribution in [2.45, 2.75) is 0 Å². The third-order valence-electron chi connectivity index (χ3n) is 1.73. The second-order valence-corrected chi connectivity index (χ2v) is 3.84. The van der Waals surface area contributed by atoms with E-state index in [0.29, 0.717) is 0 Å². The van der Waals surface area contributed by atoms with E-state index in [9.17, 15) is 0 Å². The molecule has 0 unspecified atom stereocenters. The molecule has 0 bridgehead atoms. The Balaban J connectivity index is 2.48. The Kier molecular flexibility index (Phi) is 2.17. The monoisotopic (exact) mass is 269 g/mol. The summed E-state index contributed by atoms with van der Waals surface area (Å²) >= 11 is 2.32. The normalized spacial score (nSPS) is 10.1. The second-order valence-electron chi connectivity index (χ2n) is 2.59. The molecular weight excluding hydrogens is 261 g/mol. The van der Waals surface area contributed by atoms with Gasteiger partial charge in [0.15, 0.2) is 0 Å². The molecule has 0 radical (unpaired) electrons. The highest BCUT2D eigenvalue weighted by Gasteiger charge is 1.96. The number of aromatic amines is 1. The molecule has 60 valence electrons. The molecule has 1 nitrogen and oxygen atoms in total. The first-order valence-corrected chi connectivity index (χ1v) is 4.83. The zero-order valence-corrected chi connectivity index (χ0v) is 8.58. The van der Waals surface area contributed by atoms with Gasteiger partial charge >= 0.3 is 0 Å². The first-order valence-electron chi connectivity index (χ1n) is 3.75. The van der Waals surface area contributed by atoms with Crippen LogP contribution in [0.25, 0.3) is 11.3 Å². The van der Waals surface area contributed by atoms with E-state index in [1.165, 1.54) is 14.8 Å². The van der Waals surface area contributed by atoms with Crippen LogP contribution in [-0.4, -0.2) is 4.98 Å². The topological polar surface area (TPSA) is 15.8 Å². The molecule has 1 aromatic heterocycles. The Bertz CT molecular complexity index is 365. The molecule has 1 N–H and O–H groups in total. The summed E-state index contributed by atoms with van der Waals surface area (Å²) < 4.78 is 1.26. The van der Waals surface area contributed by atoms with E-state index in [1.807, 2.05) is 12.3 Å². The van der Waals surface area contributed by atoms with Crippen molar-refractivity contribution < 1.29 is 0 Å². The maximum Gasteiger partial charge on any atom is 0.0454 e. The molecule has 2 aromatic rings. The number of halogens is 1. The average Bonchev–Trinajstić information content (AvgIpc) is 2.56. The Morgan fingerprint density at radius 2 is 2.00 bits per heavy atom. The van der Waals surface area contributed by atoms with E-state index in [1.54, 1.807) is 0 Å². The van der Waals surface area contributed by atoms with Crippen LogP contribution in [-0.2, 0) is 0 Å². The van der Waals surface area contributed by atoms with Gasteiger partial charge in [0.2, 0.25) is 0 Å². The van der Waals surface area contributed by atoms with Crippen LogP contribution < -0.4 is 0 Å². The van der Waals surface area contributed by atoms with Gasteiger partial charge in [0, 0.05) is 15.5 Å². The average molecular weight is 269 g/mol. The van der Waals surface area contributed by atoms with Crippen LogP contribution in [0.3, 0.4) is 0 Å². The van der Waals surface area contributed by atoms with Gasteiger partial charge in [0.05, 0.1) is 0 Å². The first kappa shape index (κ1) is 7.86. The third-order valence-corrected chi connectivity index (χ3v) is 2.40. The molecule has 0 spiro atoms. The summed E-state index contributed by atoms with van der Waals surface area (Å²) in [6, 6.07) is 12.5. The molecule has 0 saturated heterocycles. The molecule has 0 fully saturated rings. The minimum Gasteiger partial charge on any atom is -0.361 e. The maximum absolute atomic E-state index is 3.18. The molecule has 0 aliphatic carbocycles. The fourth-order valence-electron chi connectivity index (χ4n) is 1.17. The SMILES string of the molecule is Ic1cccc(-c2ccc[nH]2)c1. The van der Waals surface area contributed by atoms with Gasteiger partial charge < -0.3 is 4.98 Å². The zero-order valence-electron chi connectivity index (χ0n) is 6.42. The summed E-state index contributed by atoms with van der Waals surface area (Å²) in [7, 11) is 0. The summed E-state index contributed by atoms with van der Waals surface area (Å²) in [4.78, 5) is 3.18. The number of aromatic nitrogens is 1. The lowest BCUT2D eigenvalue weighted by Crippen LogP contribution is -1.77. The van der Waals surface area contributed by atoms with Crippen molar-refractivity contribution in [3.63, 3.8) is 0 Å². The van der Waals surface area contributed by atoms with Crippen LogP contribution in [0.15, 0.2) is 42.6 Å². The molecule has 0 atom stereocenters. The number of nitrogens with one attached hydrogen (secondary N) is 1. The predicted octanol–water partition coefficient (Wildman–Crippen LogP) is 3.29. The first-order chi connectivity index (χ1) is 5.86. The van der Waals surface area contributed by atoms with E-state index < -0.39 is 0 Å². The molecule has 0 aliphatic rings. The van der Waals surface area contributed by atoms with Crippen LogP contribution >= 0.6 is 22.6 Å². The summed E-state index contributed by atoms with van der Waals surface area (Å²) in [5.41, 5.74) is 2.42. The Morgan fingerprint density at radius 3 is 2.67 bits per heavy atom. The van der Waals surface area contributed by atoms with Gasteiger partial charge in [-0.2, -0.15) is 0 Å². The molecule has 2 rings (SSSR count). The highest BCUT2D eigenvalue weighted by Crippen LogP contribution is 2.18. The number of hydrogen-bond acceptors (Lipinski definition) is 0. The fraction of sp³-hybridized carbons (Fsp3) is 0. The van der Waals surface area contributed by atoms with Crippen molar-refractivity contribution in [2.75, 3.05) is 0 Å². The van der Waals surface area contributed by atoms with Crippen LogP contribution in [0.5, 0.6) is 0 Å². The second kappa shape index (κ2) is 3.31. The van der Waals surface area contributed by atoms with E-state index in [0.717, 1.165) is 0 Å². The third kappa shape index (κ3) is 1.53. The van der Waals surface area contributed by atoms with Gasteiger partial charge in [0.25, 0.3) is 0 Å². The van der Waals surface area contributed by atoms with Crippen LogP contribution in [0.1, 0.15) is 0 Å². The molecule has 0 aliphatic heterocycles. The number of hydrogen-bond donors (Lipinski definition) is 1. The van der Waals surface area contributed by atoms with Crippen molar-refractivity contribution >= 4 is 22.6 Å².